The Labute approximate surface area is 137 Å². The SMILES string of the molecule is Cc1cc(C)c([C@H](C)NC(=O)CCc2ccccc2F)cc1C. The van der Waals surface area contributed by atoms with Crippen molar-refractivity contribution in [2.45, 2.75) is 46.6 Å². The molecule has 0 fully saturated rings. The molecule has 0 spiro atoms. The van der Waals surface area contributed by atoms with E-state index >= 15 is 0 Å². The topological polar surface area (TPSA) is 29.1 Å². The molecule has 2 aromatic rings. The number of carbonyl (C=O) groups is 1. The summed E-state index contributed by atoms with van der Waals surface area (Å²) in [5, 5.41) is 3.01. The molecule has 0 aliphatic rings. The predicted octanol–water partition coefficient (Wildman–Crippen LogP) is 4.56. The van der Waals surface area contributed by atoms with Crippen LogP contribution in [-0.2, 0) is 11.2 Å². The van der Waals surface area contributed by atoms with Gasteiger partial charge in [0, 0.05) is 6.42 Å². The molecule has 0 unspecified atom stereocenters. The van der Waals surface area contributed by atoms with Crippen molar-refractivity contribution in [2.24, 2.45) is 0 Å². The summed E-state index contributed by atoms with van der Waals surface area (Å²) in [4.78, 5) is 12.1. The normalized spacial score (nSPS) is 12.0. The highest BCUT2D eigenvalue weighted by Gasteiger charge is 2.13. The zero-order chi connectivity index (χ0) is 17.0. The number of hydrogen-bond acceptors (Lipinski definition) is 1. The molecule has 2 nitrogen and oxygen atoms in total. The molecule has 0 aliphatic heterocycles. The minimum absolute atomic E-state index is 0.0533. The number of halogens is 1. The van der Waals surface area contributed by atoms with Crippen molar-refractivity contribution >= 4 is 5.91 Å². The molecule has 0 bridgehead atoms. The van der Waals surface area contributed by atoms with E-state index in [0.29, 0.717) is 12.0 Å². The minimum atomic E-state index is -0.252. The van der Waals surface area contributed by atoms with Crippen LogP contribution in [0.25, 0.3) is 0 Å². The lowest BCUT2D eigenvalue weighted by Gasteiger charge is -2.18. The number of amides is 1. The highest BCUT2D eigenvalue weighted by molar-refractivity contribution is 5.76. The molecule has 23 heavy (non-hydrogen) atoms. The third-order valence-corrected chi connectivity index (χ3v) is 4.31. The van der Waals surface area contributed by atoms with Crippen molar-refractivity contribution in [3.05, 3.63) is 70.0 Å². The number of aryl methyl sites for hydroxylation is 4. The zero-order valence-electron chi connectivity index (χ0n) is 14.2. The van der Waals surface area contributed by atoms with Gasteiger partial charge in [-0.25, -0.2) is 4.39 Å². The van der Waals surface area contributed by atoms with Crippen LogP contribution in [-0.4, -0.2) is 5.91 Å². The number of benzene rings is 2. The van der Waals surface area contributed by atoms with Gasteiger partial charge in [-0.15, -0.1) is 0 Å². The summed E-state index contributed by atoms with van der Waals surface area (Å²) in [7, 11) is 0. The van der Waals surface area contributed by atoms with Crippen LogP contribution in [0.4, 0.5) is 4.39 Å². The fraction of sp³-hybridized carbons (Fsp3) is 0.350. The van der Waals surface area contributed by atoms with Crippen molar-refractivity contribution in [3.8, 4) is 0 Å². The molecule has 2 aromatic carbocycles. The van der Waals surface area contributed by atoms with Gasteiger partial charge in [0.25, 0.3) is 0 Å². The van der Waals surface area contributed by atoms with Gasteiger partial charge < -0.3 is 5.32 Å². The van der Waals surface area contributed by atoms with Crippen LogP contribution in [0.3, 0.4) is 0 Å². The Bertz CT molecular complexity index is 709. The van der Waals surface area contributed by atoms with Gasteiger partial charge >= 0.3 is 0 Å². The summed E-state index contributed by atoms with van der Waals surface area (Å²) in [5.41, 5.74) is 5.36. The van der Waals surface area contributed by atoms with Crippen molar-refractivity contribution in [1.82, 2.24) is 5.32 Å². The molecule has 1 atom stereocenters. The van der Waals surface area contributed by atoms with Crippen LogP contribution >= 0.6 is 0 Å². The summed E-state index contributed by atoms with van der Waals surface area (Å²) in [5.74, 6) is -0.309. The third-order valence-electron chi connectivity index (χ3n) is 4.31. The van der Waals surface area contributed by atoms with E-state index < -0.39 is 0 Å². The van der Waals surface area contributed by atoms with Crippen molar-refractivity contribution in [3.63, 3.8) is 0 Å². The van der Waals surface area contributed by atoms with Crippen molar-refractivity contribution in [1.29, 1.82) is 0 Å². The van der Waals surface area contributed by atoms with E-state index in [0.717, 1.165) is 5.56 Å². The fourth-order valence-electron chi connectivity index (χ4n) is 2.79. The van der Waals surface area contributed by atoms with Gasteiger partial charge in [-0.3, -0.25) is 4.79 Å². The van der Waals surface area contributed by atoms with Gasteiger partial charge in [0.1, 0.15) is 5.82 Å². The first-order valence-corrected chi connectivity index (χ1v) is 7.99. The molecular formula is C20H24FNO. The lowest BCUT2D eigenvalue weighted by Crippen LogP contribution is -2.27. The van der Waals surface area contributed by atoms with Crippen LogP contribution in [0.15, 0.2) is 36.4 Å². The fourth-order valence-corrected chi connectivity index (χ4v) is 2.79. The second-order valence-electron chi connectivity index (χ2n) is 6.17. The Morgan fingerprint density at radius 2 is 1.74 bits per heavy atom. The van der Waals surface area contributed by atoms with Gasteiger partial charge in [0.15, 0.2) is 0 Å². The summed E-state index contributed by atoms with van der Waals surface area (Å²) in [6.45, 7) is 8.21. The Hall–Kier alpha value is -2.16. The smallest absolute Gasteiger partial charge is 0.220 e. The zero-order valence-corrected chi connectivity index (χ0v) is 14.2. The molecule has 0 saturated carbocycles. The van der Waals surface area contributed by atoms with Gasteiger partial charge in [-0.05, 0) is 68.0 Å². The maximum Gasteiger partial charge on any atom is 0.220 e. The van der Waals surface area contributed by atoms with Crippen molar-refractivity contribution in [2.75, 3.05) is 0 Å². The Kier molecular flexibility index (Phi) is 5.54. The van der Waals surface area contributed by atoms with E-state index in [9.17, 15) is 9.18 Å². The predicted molar refractivity (Wildman–Crippen MR) is 91.9 cm³/mol. The van der Waals surface area contributed by atoms with Crippen LogP contribution in [0.1, 0.15) is 47.2 Å². The molecular weight excluding hydrogens is 289 g/mol. The molecule has 2 rings (SSSR count). The number of carbonyl (C=O) groups excluding carboxylic acids is 1. The van der Waals surface area contributed by atoms with Crippen LogP contribution in [0.2, 0.25) is 0 Å². The maximum absolute atomic E-state index is 13.6. The number of hydrogen-bond donors (Lipinski definition) is 1. The highest BCUT2D eigenvalue weighted by atomic mass is 19.1. The summed E-state index contributed by atoms with van der Waals surface area (Å²) in [6.07, 6.45) is 0.701. The van der Waals surface area contributed by atoms with Crippen molar-refractivity contribution < 1.29 is 9.18 Å². The first-order chi connectivity index (χ1) is 10.9. The van der Waals surface area contributed by atoms with Crippen LogP contribution in [0.5, 0.6) is 0 Å². The first-order valence-electron chi connectivity index (χ1n) is 7.99. The summed E-state index contributed by atoms with van der Waals surface area (Å²) >= 11 is 0. The largest absolute Gasteiger partial charge is 0.350 e. The Balaban J connectivity index is 1.97. The standard InChI is InChI=1S/C20H24FNO/c1-13-11-15(3)18(12-14(13)2)16(4)22-20(23)10-9-17-7-5-6-8-19(17)21/h5-8,11-12,16H,9-10H2,1-4H3,(H,22,23)/t16-/m0/s1. The number of nitrogens with one attached hydrogen (secondary N) is 1. The monoisotopic (exact) mass is 313 g/mol. The first kappa shape index (κ1) is 17.2. The average molecular weight is 313 g/mol. The molecule has 3 heteroatoms. The van der Waals surface area contributed by atoms with Crippen LogP contribution in [0, 0.1) is 26.6 Å². The highest BCUT2D eigenvalue weighted by Crippen LogP contribution is 2.21. The molecule has 1 N–H and O–H groups in total. The Morgan fingerprint density at radius 3 is 2.43 bits per heavy atom. The summed E-state index contributed by atoms with van der Waals surface area (Å²) in [6, 6.07) is 10.8. The minimum Gasteiger partial charge on any atom is -0.350 e. The number of rotatable bonds is 5. The van der Waals surface area contributed by atoms with Gasteiger partial charge in [0.05, 0.1) is 6.04 Å². The van der Waals surface area contributed by atoms with E-state index in [2.05, 4.69) is 38.2 Å². The van der Waals surface area contributed by atoms with Gasteiger partial charge in [0.2, 0.25) is 5.91 Å². The molecule has 0 saturated heterocycles. The summed E-state index contributed by atoms with van der Waals surface area (Å²) < 4.78 is 13.6. The van der Waals surface area contributed by atoms with E-state index in [1.165, 1.54) is 22.8 Å². The second kappa shape index (κ2) is 7.40. The quantitative estimate of drug-likeness (QED) is 0.861. The lowest BCUT2D eigenvalue weighted by molar-refractivity contribution is -0.121. The van der Waals surface area contributed by atoms with Crippen LogP contribution < -0.4 is 5.32 Å². The Morgan fingerprint density at radius 1 is 1.09 bits per heavy atom. The van der Waals surface area contributed by atoms with Gasteiger partial charge in [-0.2, -0.15) is 0 Å². The molecule has 0 aliphatic carbocycles. The average Bonchev–Trinajstić information content (AvgIpc) is 2.50. The van der Waals surface area contributed by atoms with Gasteiger partial charge in [-0.1, -0.05) is 30.3 Å². The molecule has 0 aromatic heterocycles. The maximum atomic E-state index is 13.6. The third kappa shape index (κ3) is 4.41. The molecule has 122 valence electrons. The van der Waals surface area contributed by atoms with E-state index in [-0.39, 0.29) is 24.2 Å². The lowest BCUT2D eigenvalue weighted by atomic mass is 9.96. The van der Waals surface area contributed by atoms with E-state index in [4.69, 9.17) is 0 Å². The molecule has 1 amide bonds. The molecule has 0 heterocycles. The van der Waals surface area contributed by atoms with E-state index in [1.54, 1.807) is 18.2 Å². The molecule has 0 radical (unpaired) electrons. The second-order valence-corrected chi connectivity index (χ2v) is 6.17. The van der Waals surface area contributed by atoms with E-state index in [1.807, 2.05) is 6.92 Å².